The third-order valence-electron chi connectivity index (χ3n) is 9.30. The Morgan fingerprint density at radius 1 is 0.745 bits per heavy atom. The van der Waals surface area contributed by atoms with E-state index in [9.17, 15) is 9.59 Å². The molecule has 0 saturated carbocycles. The second-order valence-electron chi connectivity index (χ2n) is 13.0. The molecule has 2 N–H and O–H groups in total. The Hall–Kier alpha value is -5.86. The molecule has 51 heavy (non-hydrogen) atoms. The highest BCUT2D eigenvalue weighted by atomic mass is 16.3. The number of fused-ring (bicyclic) bond motifs is 3. The van der Waals surface area contributed by atoms with Crippen LogP contribution in [0.3, 0.4) is 0 Å². The van der Waals surface area contributed by atoms with Crippen molar-refractivity contribution < 1.29 is 4.42 Å². The van der Waals surface area contributed by atoms with Crippen molar-refractivity contribution in [3.8, 4) is 22.5 Å². The van der Waals surface area contributed by atoms with Crippen molar-refractivity contribution in [3.63, 3.8) is 0 Å². The minimum Gasteiger partial charge on any atom is -0.441 e. The SMILES string of the molecule is Cc1nc2ccc(-c3cc(=O)n4cc(N5CCN[C@H](C)C5)ccc4n3)cc2o1.Cn1cc(-c2cc(=O)n3cc(N4CCNCC4)ccc3n2)cn1. The highest BCUT2D eigenvalue weighted by molar-refractivity contribution is 5.79. The van der Waals surface area contributed by atoms with Gasteiger partial charge in [0.25, 0.3) is 11.1 Å². The van der Waals surface area contributed by atoms with Gasteiger partial charge in [-0.2, -0.15) is 5.10 Å². The number of nitrogens with one attached hydrogen (secondary N) is 2. The summed E-state index contributed by atoms with van der Waals surface area (Å²) >= 11 is 0. The molecule has 2 aliphatic rings. The number of rotatable bonds is 4. The van der Waals surface area contributed by atoms with Gasteiger partial charge >= 0.3 is 0 Å². The minimum atomic E-state index is -0.0983. The summed E-state index contributed by atoms with van der Waals surface area (Å²) in [6.07, 6.45) is 7.33. The smallest absolute Gasteiger partial charge is 0.258 e. The fraction of sp³-hybridized carbons (Fsp3) is 0.297. The standard InChI is InChI=1S/C21H21N5O2.C16H18N6O/c1-13-11-25(8-7-22-13)16-4-6-20-24-18(10-21(27)26(20)12-16)15-3-5-17-19(9-15)28-14(2)23-17;1-20-10-12(9-18-20)14-8-16(23)22-11-13(2-3-15(22)19-14)21-6-4-17-5-7-21/h3-6,9-10,12-13,22H,7-8,11H2,1-2H3;2-3,8-11,17H,4-7H2,1H3/t13-;/m1./s1. The molecule has 0 amide bonds. The lowest BCUT2D eigenvalue weighted by Gasteiger charge is -2.33. The molecule has 9 rings (SSSR count). The summed E-state index contributed by atoms with van der Waals surface area (Å²) in [6, 6.07) is 17.1. The Balaban J connectivity index is 0.000000150. The van der Waals surface area contributed by atoms with Crippen LogP contribution < -0.4 is 31.6 Å². The van der Waals surface area contributed by atoms with E-state index in [1.165, 1.54) is 0 Å². The molecule has 0 radical (unpaired) electrons. The number of benzene rings is 1. The number of oxazole rings is 1. The molecule has 0 unspecified atom stereocenters. The summed E-state index contributed by atoms with van der Waals surface area (Å²) in [4.78, 5) is 43.4. The molecule has 0 spiro atoms. The Labute approximate surface area is 293 Å². The second-order valence-corrected chi connectivity index (χ2v) is 13.0. The maximum Gasteiger partial charge on any atom is 0.258 e. The first-order chi connectivity index (χ1) is 24.8. The van der Waals surface area contributed by atoms with Crippen molar-refractivity contribution in [2.24, 2.45) is 7.05 Å². The number of aryl methyl sites for hydroxylation is 2. The summed E-state index contributed by atoms with van der Waals surface area (Å²) in [6.45, 7) is 10.6. The van der Waals surface area contributed by atoms with Crippen LogP contribution in [0.5, 0.6) is 0 Å². The lowest BCUT2D eigenvalue weighted by Crippen LogP contribution is -2.49. The maximum atomic E-state index is 12.8. The summed E-state index contributed by atoms with van der Waals surface area (Å²) in [5.41, 5.74) is 7.65. The molecule has 2 fully saturated rings. The zero-order chi connectivity index (χ0) is 35.1. The summed E-state index contributed by atoms with van der Waals surface area (Å²) in [7, 11) is 1.84. The highest BCUT2D eigenvalue weighted by Crippen LogP contribution is 2.24. The van der Waals surface area contributed by atoms with E-state index in [0.29, 0.717) is 40.2 Å². The molecule has 260 valence electrons. The molecule has 6 aromatic heterocycles. The monoisotopic (exact) mass is 685 g/mol. The third kappa shape index (κ3) is 6.70. The van der Waals surface area contributed by atoms with Crippen LogP contribution >= 0.6 is 0 Å². The van der Waals surface area contributed by atoms with Crippen molar-refractivity contribution in [2.45, 2.75) is 19.9 Å². The van der Waals surface area contributed by atoms with Gasteiger partial charge in [0.05, 0.1) is 29.0 Å². The van der Waals surface area contributed by atoms with Gasteiger partial charge in [-0.3, -0.25) is 23.1 Å². The Morgan fingerprint density at radius 3 is 2.04 bits per heavy atom. The molecule has 0 bridgehead atoms. The fourth-order valence-corrected chi connectivity index (χ4v) is 6.70. The van der Waals surface area contributed by atoms with Crippen molar-refractivity contribution in [1.82, 2.24) is 44.2 Å². The van der Waals surface area contributed by atoms with Crippen LogP contribution in [-0.2, 0) is 7.05 Å². The van der Waals surface area contributed by atoms with Gasteiger partial charge in [-0.1, -0.05) is 6.07 Å². The van der Waals surface area contributed by atoms with E-state index in [2.05, 4.69) is 42.4 Å². The number of hydrogen-bond acceptors (Lipinski definition) is 11. The molecular formula is C37H39N11O3. The molecule has 2 saturated heterocycles. The third-order valence-corrected chi connectivity index (χ3v) is 9.30. The van der Waals surface area contributed by atoms with Gasteiger partial charge < -0.3 is 24.9 Å². The second kappa shape index (κ2) is 13.5. The van der Waals surface area contributed by atoms with Crippen molar-refractivity contribution in [3.05, 3.63) is 106 Å². The zero-order valence-electron chi connectivity index (χ0n) is 28.8. The van der Waals surface area contributed by atoms with Gasteiger partial charge in [-0.15, -0.1) is 0 Å². The fourth-order valence-electron chi connectivity index (χ4n) is 6.70. The minimum absolute atomic E-state index is 0.0779. The number of hydrogen-bond donors (Lipinski definition) is 2. The molecule has 7 aromatic rings. The summed E-state index contributed by atoms with van der Waals surface area (Å²) < 4.78 is 10.5. The molecule has 14 heteroatoms. The predicted molar refractivity (Wildman–Crippen MR) is 198 cm³/mol. The molecule has 1 aromatic carbocycles. The van der Waals surface area contributed by atoms with E-state index in [-0.39, 0.29) is 11.1 Å². The van der Waals surface area contributed by atoms with E-state index in [0.717, 1.165) is 73.8 Å². The summed E-state index contributed by atoms with van der Waals surface area (Å²) in [5.74, 6) is 0.619. The molecule has 14 nitrogen and oxygen atoms in total. The predicted octanol–water partition coefficient (Wildman–Crippen LogP) is 3.11. The molecule has 1 atom stereocenters. The lowest BCUT2D eigenvalue weighted by atomic mass is 10.1. The number of pyridine rings is 2. The van der Waals surface area contributed by atoms with Gasteiger partial charge in [-0.05, 0) is 43.3 Å². The molecular weight excluding hydrogens is 646 g/mol. The van der Waals surface area contributed by atoms with Crippen LogP contribution in [0.1, 0.15) is 12.8 Å². The van der Waals surface area contributed by atoms with Crippen LogP contribution in [0.15, 0.2) is 93.4 Å². The molecule has 8 heterocycles. The molecule has 0 aliphatic carbocycles. The first kappa shape index (κ1) is 32.4. The topological polar surface area (TPSA) is 143 Å². The van der Waals surface area contributed by atoms with Crippen LogP contribution in [0.2, 0.25) is 0 Å². The zero-order valence-corrected chi connectivity index (χ0v) is 28.8. The van der Waals surface area contributed by atoms with Crippen LogP contribution in [0, 0.1) is 6.92 Å². The number of piperazine rings is 2. The van der Waals surface area contributed by atoms with Gasteiger partial charge in [0.1, 0.15) is 16.8 Å². The highest BCUT2D eigenvalue weighted by Gasteiger charge is 2.17. The lowest BCUT2D eigenvalue weighted by molar-refractivity contribution is 0.484. The van der Waals surface area contributed by atoms with E-state index >= 15 is 0 Å². The maximum absolute atomic E-state index is 12.8. The number of anilines is 2. The van der Waals surface area contributed by atoms with Crippen molar-refractivity contribution in [2.75, 3.05) is 55.6 Å². The first-order valence-electron chi connectivity index (χ1n) is 17.1. The number of nitrogens with zero attached hydrogens (tertiary/aromatic N) is 9. The van der Waals surface area contributed by atoms with Crippen LogP contribution in [0.4, 0.5) is 11.4 Å². The van der Waals surface area contributed by atoms with Gasteiger partial charge in [0, 0.05) is 108 Å². The average molecular weight is 686 g/mol. The van der Waals surface area contributed by atoms with Gasteiger partial charge in [0.2, 0.25) is 0 Å². The quantitative estimate of drug-likeness (QED) is 0.282. The van der Waals surface area contributed by atoms with Gasteiger partial charge in [-0.25, -0.2) is 15.0 Å². The summed E-state index contributed by atoms with van der Waals surface area (Å²) in [5, 5.41) is 10.9. The van der Waals surface area contributed by atoms with E-state index in [1.807, 2.05) is 75.0 Å². The largest absolute Gasteiger partial charge is 0.441 e. The first-order valence-corrected chi connectivity index (χ1v) is 17.1. The van der Waals surface area contributed by atoms with Crippen molar-refractivity contribution >= 4 is 33.8 Å². The van der Waals surface area contributed by atoms with Crippen LogP contribution in [-0.4, -0.2) is 85.4 Å². The van der Waals surface area contributed by atoms with Gasteiger partial charge in [0.15, 0.2) is 11.5 Å². The van der Waals surface area contributed by atoms with E-state index in [1.54, 1.807) is 31.8 Å². The van der Waals surface area contributed by atoms with Crippen LogP contribution in [0.25, 0.3) is 44.9 Å². The normalized spacial score (nSPS) is 16.5. The Kier molecular flexibility index (Phi) is 8.53. The average Bonchev–Trinajstić information content (AvgIpc) is 3.76. The molecule has 2 aliphatic heterocycles. The number of aromatic nitrogens is 7. The van der Waals surface area contributed by atoms with E-state index in [4.69, 9.17) is 9.40 Å². The van der Waals surface area contributed by atoms with E-state index < -0.39 is 0 Å². The Bertz CT molecular complexity index is 2490. The van der Waals surface area contributed by atoms with Crippen molar-refractivity contribution in [1.29, 1.82) is 0 Å². The Morgan fingerprint density at radius 2 is 1.39 bits per heavy atom.